The lowest BCUT2D eigenvalue weighted by molar-refractivity contribution is -0.121. The molecule has 1 aromatic rings. The van der Waals surface area contributed by atoms with Gasteiger partial charge in [-0.2, -0.15) is 0 Å². The fourth-order valence-corrected chi connectivity index (χ4v) is 2.99. The Hall–Kier alpha value is -2.54. The zero-order valence-corrected chi connectivity index (χ0v) is 17.7. The number of nitrogens with one attached hydrogen (secondary N) is 3. The van der Waals surface area contributed by atoms with Crippen molar-refractivity contribution >= 4 is 17.3 Å². The maximum absolute atomic E-state index is 12.8. The van der Waals surface area contributed by atoms with Crippen LogP contribution in [0.15, 0.2) is 28.8 Å². The van der Waals surface area contributed by atoms with Crippen LogP contribution < -0.4 is 32.3 Å². The first kappa shape index (κ1) is 25.5. The number of carbonyl (C=O) groups is 1. The van der Waals surface area contributed by atoms with E-state index in [1.807, 2.05) is 18.7 Å². The number of pyridine rings is 1. The fourth-order valence-electron chi connectivity index (χ4n) is 2.99. The predicted octanol–water partition coefficient (Wildman–Crippen LogP) is 0.500. The molecule has 0 saturated carbocycles. The van der Waals surface area contributed by atoms with Crippen molar-refractivity contribution in [3.05, 3.63) is 28.3 Å². The van der Waals surface area contributed by atoms with E-state index < -0.39 is 30.3 Å². The molecule has 0 aliphatic carbocycles. The van der Waals surface area contributed by atoms with Crippen molar-refractivity contribution in [1.29, 1.82) is 0 Å². The van der Waals surface area contributed by atoms with Crippen LogP contribution >= 0.6 is 0 Å². The van der Waals surface area contributed by atoms with E-state index in [4.69, 9.17) is 11.5 Å². The van der Waals surface area contributed by atoms with Crippen LogP contribution in [0.4, 0.5) is 11.4 Å². The summed E-state index contributed by atoms with van der Waals surface area (Å²) in [5.41, 5.74) is 12.6. The van der Waals surface area contributed by atoms with Crippen LogP contribution in [0.5, 0.6) is 0 Å². The number of nitroso groups, excluding NO2 is 2. The molecular formula is C18H33N9O3. The second kappa shape index (κ2) is 13.6. The second-order valence-electron chi connectivity index (χ2n) is 6.84. The molecule has 0 saturated heterocycles. The maximum Gasteiger partial charge on any atom is 0.234 e. The molecule has 0 radical (unpaired) electrons. The minimum atomic E-state index is -1.32. The van der Waals surface area contributed by atoms with E-state index in [-0.39, 0.29) is 0 Å². The molecule has 0 spiro atoms. The van der Waals surface area contributed by atoms with E-state index in [1.54, 1.807) is 19.3 Å². The zero-order valence-electron chi connectivity index (χ0n) is 17.7. The van der Waals surface area contributed by atoms with Gasteiger partial charge in [0.15, 0.2) is 12.3 Å². The van der Waals surface area contributed by atoms with E-state index in [0.29, 0.717) is 31.0 Å². The monoisotopic (exact) mass is 423 g/mol. The minimum absolute atomic E-state index is 0.319. The molecule has 0 aliphatic rings. The Balaban J connectivity index is 3.13. The summed E-state index contributed by atoms with van der Waals surface area (Å²) in [5, 5.41) is 14.5. The van der Waals surface area contributed by atoms with E-state index in [1.165, 1.54) is 6.20 Å². The van der Waals surface area contributed by atoms with Crippen LogP contribution in [0.25, 0.3) is 0 Å². The third kappa shape index (κ3) is 7.37. The molecule has 0 aromatic carbocycles. The summed E-state index contributed by atoms with van der Waals surface area (Å²) in [6.07, 6.45) is 1.96. The van der Waals surface area contributed by atoms with E-state index in [2.05, 4.69) is 31.3 Å². The number of anilines is 2. The van der Waals surface area contributed by atoms with Crippen molar-refractivity contribution < 1.29 is 4.79 Å². The lowest BCUT2D eigenvalue weighted by atomic mass is 10.0. The van der Waals surface area contributed by atoms with Gasteiger partial charge in [0.2, 0.25) is 5.91 Å². The largest absolute Gasteiger partial charge is 0.366 e. The van der Waals surface area contributed by atoms with Gasteiger partial charge in [-0.15, -0.1) is 9.81 Å². The van der Waals surface area contributed by atoms with Gasteiger partial charge >= 0.3 is 0 Å². The highest BCUT2D eigenvalue weighted by molar-refractivity contribution is 5.96. The third-order valence-electron chi connectivity index (χ3n) is 4.55. The van der Waals surface area contributed by atoms with Crippen LogP contribution in [0.2, 0.25) is 0 Å². The van der Waals surface area contributed by atoms with Crippen molar-refractivity contribution in [2.75, 3.05) is 36.9 Å². The summed E-state index contributed by atoms with van der Waals surface area (Å²) in [6, 6.07) is 1.73. The first-order valence-corrected chi connectivity index (χ1v) is 9.99. The van der Waals surface area contributed by atoms with Crippen LogP contribution in [0.3, 0.4) is 0 Å². The molecule has 4 atom stereocenters. The molecule has 12 nitrogen and oxygen atoms in total. The molecule has 4 unspecified atom stereocenters. The number of amides is 1. The van der Waals surface area contributed by atoms with Gasteiger partial charge in [0.25, 0.3) is 0 Å². The normalized spacial score (nSPS) is 15.0. The van der Waals surface area contributed by atoms with Gasteiger partial charge in [-0.1, -0.05) is 19.0 Å². The van der Waals surface area contributed by atoms with Gasteiger partial charge in [0.05, 0.1) is 30.3 Å². The number of hydrogen-bond donors (Lipinski definition) is 5. The molecule has 30 heavy (non-hydrogen) atoms. The maximum atomic E-state index is 12.8. The van der Waals surface area contributed by atoms with Gasteiger partial charge in [-0.25, -0.2) is 0 Å². The quantitative estimate of drug-likeness (QED) is 0.198. The van der Waals surface area contributed by atoms with Crippen molar-refractivity contribution in [3.63, 3.8) is 0 Å². The average molecular weight is 424 g/mol. The van der Waals surface area contributed by atoms with Gasteiger partial charge in [0.1, 0.15) is 5.92 Å². The zero-order chi connectivity index (χ0) is 22.5. The molecule has 12 heteroatoms. The van der Waals surface area contributed by atoms with Gasteiger partial charge in [-0.05, 0) is 37.7 Å². The van der Waals surface area contributed by atoms with Gasteiger partial charge < -0.3 is 27.0 Å². The highest BCUT2D eigenvalue weighted by Gasteiger charge is 2.32. The average Bonchev–Trinajstić information content (AvgIpc) is 2.76. The Morgan fingerprint density at radius 1 is 1.23 bits per heavy atom. The van der Waals surface area contributed by atoms with E-state index >= 15 is 0 Å². The van der Waals surface area contributed by atoms with Crippen molar-refractivity contribution in [2.24, 2.45) is 27.7 Å². The highest BCUT2D eigenvalue weighted by Crippen LogP contribution is 2.26. The second-order valence-corrected chi connectivity index (χ2v) is 6.84. The number of carbonyl (C=O) groups excluding carboxylic acids is 1. The molecule has 0 bridgehead atoms. The van der Waals surface area contributed by atoms with Crippen LogP contribution in [0.1, 0.15) is 26.7 Å². The smallest absolute Gasteiger partial charge is 0.234 e. The van der Waals surface area contributed by atoms with Crippen LogP contribution in [0, 0.1) is 15.7 Å². The summed E-state index contributed by atoms with van der Waals surface area (Å²) >= 11 is 0. The topological polar surface area (TPSA) is 180 Å². The van der Waals surface area contributed by atoms with Crippen molar-refractivity contribution in [2.45, 2.75) is 45.2 Å². The fraction of sp³-hybridized carbons (Fsp3) is 0.667. The number of nitrogens with two attached hydrogens (primary N) is 2. The molecule has 0 fully saturated rings. The third-order valence-corrected chi connectivity index (χ3v) is 4.55. The summed E-state index contributed by atoms with van der Waals surface area (Å²) in [4.78, 5) is 41.0. The van der Waals surface area contributed by atoms with Crippen molar-refractivity contribution in [3.8, 4) is 0 Å². The standard InChI is InChI=1S/C18H33N9O3/c1-4-7-23-14(25-29)11-27(9-5-2)13-6-8-22-10-12(13)24-18(28)15(16(19)21-3)17(20)26-30/h6,8,10,14-17,21,23H,4-5,7,9,11,19-20H2,1-3H3,(H,24,28). The summed E-state index contributed by atoms with van der Waals surface area (Å²) in [5.74, 6) is -1.65. The van der Waals surface area contributed by atoms with Crippen LogP contribution in [-0.2, 0) is 4.79 Å². The highest BCUT2D eigenvalue weighted by atomic mass is 16.3. The van der Waals surface area contributed by atoms with Crippen molar-refractivity contribution in [1.82, 2.24) is 15.6 Å². The number of hydrogen-bond acceptors (Lipinski definition) is 11. The summed E-state index contributed by atoms with van der Waals surface area (Å²) < 4.78 is 0. The Bertz CT molecular complexity index is 676. The number of rotatable bonds is 15. The van der Waals surface area contributed by atoms with Gasteiger partial charge in [-0.3, -0.25) is 15.1 Å². The minimum Gasteiger partial charge on any atom is -0.366 e. The van der Waals surface area contributed by atoms with E-state index in [0.717, 1.165) is 12.8 Å². The molecule has 7 N–H and O–H groups in total. The lowest BCUT2D eigenvalue weighted by Crippen LogP contribution is -2.53. The Kier molecular flexibility index (Phi) is 11.6. The Morgan fingerprint density at radius 3 is 2.53 bits per heavy atom. The molecular weight excluding hydrogens is 390 g/mol. The number of aromatic nitrogens is 1. The Labute approximate surface area is 176 Å². The molecule has 1 rings (SSSR count). The molecule has 1 amide bonds. The summed E-state index contributed by atoms with van der Waals surface area (Å²) in [6.45, 7) is 5.61. The van der Waals surface area contributed by atoms with Gasteiger partial charge in [0, 0.05) is 12.7 Å². The van der Waals surface area contributed by atoms with Crippen LogP contribution in [-0.4, -0.2) is 56.1 Å². The lowest BCUT2D eigenvalue weighted by Gasteiger charge is -2.29. The SMILES string of the molecule is CCCNC(CN(CCC)c1ccncc1NC(=O)C(C(N)N=O)C(N)NC)N=O. The first-order chi connectivity index (χ1) is 14.4. The molecule has 0 aliphatic heterocycles. The number of nitrogens with zero attached hydrogens (tertiary/aromatic N) is 4. The molecule has 1 aromatic heterocycles. The summed E-state index contributed by atoms with van der Waals surface area (Å²) in [7, 11) is 1.55. The molecule has 1 heterocycles. The first-order valence-electron chi connectivity index (χ1n) is 9.99. The van der Waals surface area contributed by atoms with E-state index in [9.17, 15) is 14.6 Å². The molecule has 168 valence electrons. The Morgan fingerprint density at radius 2 is 1.97 bits per heavy atom. The predicted molar refractivity (Wildman–Crippen MR) is 118 cm³/mol.